The first-order chi connectivity index (χ1) is 17.0. The highest BCUT2D eigenvalue weighted by atomic mass is 32.2. The number of rotatable bonds is 7. The van der Waals surface area contributed by atoms with E-state index in [2.05, 4.69) is 10.3 Å². The summed E-state index contributed by atoms with van der Waals surface area (Å²) in [5.74, 6) is -0.197. The van der Waals surface area contributed by atoms with Crippen LogP contribution in [0.3, 0.4) is 0 Å². The number of thiophene rings is 1. The first-order valence-electron chi connectivity index (χ1n) is 10.9. The normalized spacial score (nSPS) is 11.1. The van der Waals surface area contributed by atoms with E-state index in [0.717, 1.165) is 15.8 Å². The number of ketones is 1. The third-order valence-electron chi connectivity index (χ3n) is 5.41. The number of fused-ring (bicyclic) bond motifs is 3. The predicted octanol–water partition coefficient (Wildman–Crippen LogP) is 4.99. The van der Waals surface area contributed by atoms with Crippen LogP contribution in [-0.4, -0.2) is 32.0 Å². The van der Waals surface area contributed by atoms with Gasteiger partial charge in [0.1, 0.15) is 9.53 Å². The second kappa shape index (κ2) is 9.81. The molecule has 0 saturated heterocycles. The van der Waals surface area contributed by atoms with E-state index in [0.29, 0.717) is 33.2 Å². The number of thioether (sulfide) groups is 1. The highest BCUT2D eigenvalue weighted by Gasteiger charge is 2.18. The van der Waals surface area contributed by atoms with Crippen LogP contribution in [0.1, 0.15) is 22.8 Å². The number of benzene rings is 2. The molecule has 3 heterocycles. The molecule has 5 rings (SSSR count). The molecule has 0 bridgehead atoms. The van der Waals surface area contributed by atoms with Crippen molar-refractivity contribution in [3.8, 4) is 0 Å². The van der Waals surface area contributed by atoms with Crippen LogP contribution in [0.15, 0.2) is 82.9 Å². The van der Waals surface area contributed by atoms with Gasteiger partial charge < -0.3 is 5.32 Å². The van der Waals surface area contributed by atoms with Crippen molar-refractivity contribution in [3.63, 3.8) is 0 Å². The van der Waals surface area contributed by atoms with E-state index in [1.54, 1.807) is 35.0 Å². The average molecular weight is 501 g/mol. The number of nitrogens with one attached hydrogen (secondary N) is 1. The maximum atomic E-state index is 13.5. The molecule has 0 aliphatic heterocycles. The Hall–Kier alpha value is -3.82. The Morgan fingerprint density at radius 1 is 1.03 bits per heavy atom. The summed E-state index contributed by atoms with van der Waals surface area (Å²) in [6.07, 6.45) is 1.70. The topological polar surface area (TPSA) is 94.0 Å². The first-order valence-corrected chi connectivity index (χ1v) is 12.7. The zero-order chi connectivity index (χ0) is 24.4. The summed E-state index contributed by atoms with van der Waals surface area (Å²) in [4.78, 5) is 47.6. The van der Waals surface area contributed by atoms with E-state index in [1.165, 1.54) is 30.0 Å². The van der Waals surface area contributed by atoms with Crippen LogP contribution in [0, 0.1) is 0 Å². The second-order valence-corrected chi connectivity index (χ2v) is 9.82. The van der Waals surface area contributed by atoms with Crippen LogP contribution >= 0.6 is 23.1 Å². The van der Waals surface area contributed by atoms with Gasteiger partial charge in [0.2, 0.25) is 5.91 Å². The summed E-state index contributed by atoms with van der Waals surface area (Å²) < 4.78 is 2.17. The van der Waals surface area contributed by atoms with Gasteiger partial charge >= 0.3 is 0 Å². The number of hydrogen-bond donors (Lipinski definition) is 1. The summed E-state index contributed by atoms with van der Waals surface area (Å²) in [5.41, 5.74) is 2.60. The standard InChI is InChI=1S/C26H20N4O3S2/c1-16(31)18-9-11-19(12-10-18)28-21(32)15-34-26-29-22-20-8-5-13-27-24(20)35-23(22)25(33)30(26)14-17-6-3-2-4-7-17/h2-13H,14-15H2,1H3,(H,28,32). The molecule has 1 N–H and O–H groups in total. The molecule has 0 spiro atoms. The minimum atomic E-state index is -0.233. The Morgan fingerprint density at radius 3 is 2.54 bits per heavy atom. The van der Waals surface area contributed by atoms with Crippen molar-refractivity contribution in [3.05, 3.63) is 94.4 Å². The second-order valence-electron chi connectivity index (χ2n) is 7.88. The van der Waals surface area contributed by atoms with Crippen LogP contribution in [0.25, 0.3) is 20.4 Å². The van der Waals surface area contributed by atoms with Crippen molar-refractivity contribution < 1.29 is 9.59 Å². The molecule has 2 aromatic carbocycles. The lowest BCUT2D eigenvalue weighted by molar-refractivity contribution is -0.113. The molecule has 5 aromatic rings. The van der Waals surface area contributed by atoms with Crippen molar-refractivity contribution in [1.29, 1.82) is 0 Å². The van der Waals surface area contributed by atoms with Gasteiger partial charge in [-0.05, 0) is 48.9 Å². The summed E-state index contributed by atoms with van der Waals surface area (Å²) in [6.45, 7) is 1.84. The van der Waals surface area contributed by atoms with Gasteiger partial charge in [-0.15, -0.1) is 11.3 Å². The number of nitrogens with zero attached hydrogens (tertiary/aromatic N) is 3. The molecule has 0 unspecified atom stereocenters. The summed E-state index contributed by atoms with van der Waals surface area (Å²) >= 11 is 2.54. The third kappa shape index (κ3) is 4.87. The zero-order valence-electron chi connectivity index (χ0n) is 18.7. The van der Waals surface area contributed by atoms with Crippen LogP contribution in [0.5, 0.6) is 0 Å². The smallest absolute Gasteiger partial charge is 0.272 e. The molecule has 9 heteroatoms. The molecule has 0 fully saturated rings. The molecule has 174 valence electrons. The predicted molar refractivity (Wildman–Crippen MR) is 141 cm³/mol. The number of pyridine rings is 1. The van der Waals surface area contributed by atoms with Gasteiger partial charge in [0, 0.05) is 22.8 Å². The molecule has 35 heavy (non-hydrogen) atoms. The molecule has 3 aromatic heterocycles. The SMILES string of the molecule is CC(=O)c1ccc(NC(=O)CSc2nc3c(sc4ncccc43)c(=O)n2Cc2ccccc2)cc1. The minimum Gasteiger partial charge on any atom is -0.325 e. The van der Waals surface area contributed by atoms with E-state index >= 15 is 0 Å². The Kier molecular flexibility index (Phi) is 6.43. The van der Waals surface area contributed by atoms with Crippen molar-refractivity contribution in [2.75, 3.05) is 11.1 Å². The molecule has 7 nitrogen and oxygen atoms in total. The minimum absolute atomic E-state index is 0.0348. The molecular weight excluding hydrogens is 480 g/mol. The highest BCUT2D eigenvalue weighted by molar-refractivity contribution is 7.99. The molecule has 1 amide bonds. The zero-order valence-corrected chi connectivity index (χ0v) is 20.4. The molecule has 0 saturated carbocycles. The number of Topliss-reactive ketones (excluding diaryl/α,β-unsaturated/α-hetero) is 1. The Morgan fingerprint density at radius 2 is 1.80 bits per heavy atom. The molecule has 0 radical (unpaired) electrons. The Balaban J connectivity index is 1.45. The lowest BCUT2D eigenvalue weighted by atomic mass is 10.1. The number of anilines is 1. The molecule has 0 atom stereocenters. The van der Waals surface area contributed by atoms with E-state index in [1.807, 2.05) is 42.5 Å². The Labute approximate surface area is 208 Å². The van der Waals surface area contributed by atoms with E-state index < -0.39 is 0 Å². The molecule has 0 aliphatic rings. The van der Waals surface area contributed by atoms with E-state index in [-0.39, 0.29) is 23.0 Å². The molecular formula is C26H20N4O3S2. The van der Waals surface area contributed by atoms with E-state index in [4.69, 9.17) is 4.98 Å². The van der Waals surface area contributed by atoms with Gasteiger partial charge in [0.05, 0.1) is 17.8 Å². The lowest BCUT2D eigenvalue weighted by Gasteiger charge is -2.12. The summed E-state index contributed by atoms with van der Waals surface area (Å²) in [7, 11) is 0. The number of aromatic nitrogens is 3. The Bertz CT molecular complexity index is 1610. The molecule has 0 aliphatic carbocycles. The number of carbonyl (C=O) groups is 2. The average Bonchev–Trinajstić information content (AvgIpc) is 3.24. The maximum Gasteiger partial charge on any atom is 0.272 e. The number of amides is 1. The highest BCUT2D eigenvalue weighted by Crippen LogP contribution is 2.30. The fraction of sp³-hybridized carbons (Fsp3) is 0.115. The van der Waals surface area contributed by atoms with Crippen molar-refractivity contribution >= 4 is 60.9 Å². The van der Waals surface area contributed by atoms with Crippen molar-refractivity contribution in [2.45, 2.75) is 18.6 Å². The van der Waals surface area contributed by atoms with Gasteiger partial charge in [-0.1, -0.05) is 42.1 Å². The third-order valence-corrected chi connectivity index (χ3v) is 7.48. The van der Waals surface area contributed by atoms with Crippen LogP contribution in [-0.2, 0) is 11.3 Å². The summed E-state index contributed by atoms with van der Waals surface area (Å²) in [5, 5.41) is 4.13. The quantitative estimate of drug-likeness (QED) is 0.192. The first kappa shape index (κ1) is 22.9. The van der Waals surface area contributed by atoms with Gasteiger partial charge in [-0.25, -0.2) is 9.97 Å². The lowest BCUT2D eigenvalue weighted by Crippen LogP contribution is -2.24. The number of carbonyl (C=O) groups excluding carboxylic acids is 2. The maximum absolute atomic E-state index is 13.5. The fourth-order valence-electron chi connectivity index (χ4n) is 3.67. The van der Waals surface area contributed by atoms with Crippen molar-refractivity contribution in [1.82, 2.24) is 14.5 Å². The van der Waals surface area contributed by atoms with E-state index in [9.17, 15) is 14.4 Å². The van der Waals surface area contributed by atoms with Gasteiger partial charge in [0.15, 0.2) is 10.9 Å². The van der Waals surface area contributed by atoms with Crippen molar-refractivity contribution in [2.24, 2.45) is 0 Å². The van der Waals surface area contributed by atoms with Crippen LogP contribution in [0.4, 0.5) is 5.69 Å². The largest absolute Gasteiger partial charge is 0.325 e. The van der Waals surface area contributed by atoms with Crippen LogP contribution in [0.2, 0.25) is 0 Å². The summed E-state index contributed by atoms with van der Waals surface area (Å²) in [6, 6.07) is 20.1. The fourth-order valence-corrected chi connectivity index (χ4v) is 5.50. The van der Waals surface area contributed by atoms with Crippen LogP contribution < -0.4 is 10.9 Å². The van der Waals surface area contributed by atoms with Gasteiger partial charge in [-0.3, -0.25) is 19.0 Å². The van der Waals surface area contributed by atoms with Gasteiger partial charge in [-0.2, -0.15) is 0 Å². The monoisotopic (exact) mass is 500 g/mol. The number of hydrogen-bond acceptors (Lipinski definition) is 7. The van der Waals surface area contributed by atoms with Gasteiger partial charge in [0.25, 0.3) is 5.56 Å².